The number of hydrogen-bond donors (Lipinski definition) is 0. The van der Waals surface area contributed by atoms with Crippen molar-refractivity contribution in [3.63, 3.8) is 0 Å². The number of ketones is 1. The third kappa shape index (κ3) is 3.71. The summed E-state index contributed by atoms with van der Waals surface area (Å²) < 4.78 is 0.684. The summed E-state index contributed by atoms with van der Waals surface area (Å²) in [5.74, 6) is 1.81. The van der Waals surface area contributed by atoms with Gasteiger partial charge in [0.15, 0.2) is 5.78 Å². The van der Waals surface area contributed by atoms with Gasteiger partial charge in [0.2, 0.25) is 0 Å². The molecular formula is C9H11ClOS2. The Labute approximate surface area is 91.5 Å². The van der Waals surface area contributed by atoms with E-state index in [0.29, 0.717) is 10.1 Å². The van der Waals surface area contributed by atoms with Crippen molar-refractivity contribution in [1.29, 1.82) is 0 Å². The van der Waals surface area contributed by atoms with E-state index in [2.05, 4.69) is 6.92 Å². The van der Waals surface area contributed by atoms with Crippen LogP contribution in [0.4, 0.5) is 0 Å². The Bertz CT molecular complexity index is 283. The number of rotatable bonds is 5. The molecule has 1 rings (SSSR count). The van der Waals surface area contributed by atoms with E-state index in [4.69, 9.17) is 11.6 Å². The lowest BCUT2D eigenvalue weighted by molar-refractivity contribution is 0.102. The van der Waals surface area contributed by atoms with Crippen LogP contribution in [-0.2, 0) is 0 Å². The van der Waals surface area contributed by atoms with Gasteiger partial charge < -0.3 is 0 Å². The summed E-state index contributed by atoms with van der Waals surface area (Å²) in [6, 6.07) is 3.56. The molecule has 1 aromatic heterocycles. The lowest BCUT2D eigenvalue weighted by Gasteiger charge is -1.95. The molecule has 0 saturated carbocycles. The molecule has 0 saturated heterocycles. The van der Waals surface area contributed by atoms with Crippen LogP contribution >= 0.6 is 34.7 Å². The van der Waals surface area contributed by atoms with Crippen LogP contribution in [0.2, 0.25) is 4.34 Å². The van der Waals surface area contributed by atoms with Gasteiger partial charge in [-0.25, -0.2) is 0 Å². The second-order valence-electron chi connectivity index (χ2n) is 2.58. The molecule has 4 heteroatoms. The highest BCUT2D eigenvalue weighted by Crippen LogP contribution is 2.22. The normalized spacial score (nSPS) is 10.3. The molecule has 13 heavy (non-hydrogen) atoms. The quantitative estimate of drug-likeness (QED) is 0.571. The van der Waals surface area contributed by atoms with E-state index in [9.17, 15) is 4.79 Å². The molecule has 0 amide bonds. The molecule has 1 aromatic rings. The zero-order valence-electron chi connectivity index (χ0n) is 7.38. The molecule has 0 N–H and O–H groups in total. The number of hydrogen-bond acceptors (Lipinski definition) is 3. The van der Waals surface area contributed by atoms with Crippen molar-refractivity contribution < 1.29 is 4.79 Å². The van der Waals surface area contributed by atoms with Crippen LogP contribution in [0.5, 0.6) is 0 Å². The Kier molecular flexibility index (Phi) is 4.84. The van der Waals surface area contributed by atoms with Gasteiger partial charge in [-0.1, -0.05) is 18.5 Å². The minimum absolute atomic E-state index is 0.190. The number of Topliss-reactive ketones (excluding diaryl/α,β-unsaturated/α-hetero) is 1. The Morgan fingerprint density at radius 3 is 2.92 bits per heavy atom. The maximum atomic E-state index is 11.5. The first-order valence-corrected chi connectivity index (χ1v) is 6.45. The molecule has 0 aliphatic heterocycles. The van der Waals surface area contributed by atoms with E-state index < -0.39 is 0 Å². The van der Waals surface area contributed by atoms with Gasteiger partial charge in [-0.3, -0.25) is 4.79 Å². The zero-order chi connectivity index (χ0) is 9.68. The van der Waals surface area contributed by atoms with E-state index in [1.807, 2.05) is 0 Å². The molecular weight excluding hydrogens is 224 g/mol. The third-order valence-electron chi connectivity index (χ3n) is 1.43. The molecule has 0 unspecified atom stereocenters. The standard InChI is InChI=1S/C9H11ClOS2/c1-2-5-12-6-7(11)8-3-4-9(10)13-8/h3-4H,2,5-6H2,1H3. The van der Waals surface area contributed by atoms with Crippen LogP contribution in [0, 0.1) is 0 Å². The Morgan fingerprint density at radius 1 is 1.62 bits per heavy atom. The van der Waals surface area contributed by atoms with Crippen LogP contribution in [0.25, 0.3) is 0 Å². The molecule has 0 aliphatic carbocycles. The molecule has 1 heterocycles. The number of carbonyl (C=O) groups excluding carboxylic acids is 1. The van der Waals surface area contributed by atoms with Crippen molar-refractivity contribution in [2.24, 2.45) is 0 Å². The fourth-order valence-electron chi connectivity index (χ4n) is 0.844. The zero-order valence-corrected chi connectivity index (χ0v) is 9.77. The van der Waals surface area contributed by atoms with Gasteiger partial charge in [0.05, 0.1) is 15.0 Å². The minimum Gasteiger partial charge on any atom is -0.292 e. The predicted octanol–water partition coefficient (Wildman–Crippen LogP) is 3.73. The highest BCUT2D eigenvalue weighted by molar-refractivity contribution is 7.99. The number of thiophene rings is 1. The molecule has 0 aliphatic rings. The first-order valence-electron chi connectivity index (χ1n) is 4.10. The van der Waals surface area contributed by atoms with Crippen LogP contribution in [0.1, 0.15) is 23.0 Å². The second kappa shape index (κ2) is 5.68. The van der Waals surface area contributed by atoms with Gasteiger partial charge in [-0.2, -0.15) is 11.8 Å². The van der Waals surface area contributed by atoms with Crippen LogP contribution in [-0.4, -0.2) is 17.3 Å². The van der Waals surface area contributed by atoms with E-state index in [0.717, 1.165) is 17.1 Å². The molecule has 0 fully saturated rings. The second-order valence-corrected chi connectivity index (χ2v) is 5.40. The average Bonchev–Trinajstić information content (AvgIpc) is 2.52. The summed E-state index contributed by atoms with van der Waals surface area (Å²) in [6.07, 6.45) is 1.11. The lowest BCUT2D eigenvalue weighted by atomic mass is 10.4. The van der Waals surface area contributed by atoms with Crippen LogP contribution in [0.3, 0.4) is 0 Å². The highest BCUT2D eigenvalue weighted by Gasteiger charge is 2.07. The molecule has 1 nitrogen and oxygen atoms in total. The van der Waals surface area contributed by atoms with Crippen molar-refractivity contribution in [3.8, 4) is 0 Å². The third-order valence-corrected chi connectivity index (χ3v) is 3.87. The number of carbonyl (C=O) groups is 1. The smallest absolute Gasteiger partial charge is 0.182 e. The maximum Gasteiger partial charge on any atom is 0.182 e. The van der Waals surface area contributed by atoms with Gasteiger partial charge in [0.25, 0.3) is 0 Å². The summed E-state index contributed by atoms with van der Waals surface area (Å²) in [7, 11) is 0. The molecule has 0 aromatic carbocycles. The number of thioether (sulfide) groups is 1. The van der Waals surface area contributed by atoms with Crippen molar-refractivity contribution in [2.75, 3.05) is 11.5 Å². The summed E-state index contributed by atoms with van der Waals surface area (Å²) in [5.41, 5.74) is 0. The van der Waals surface area contributed by atoms with Gasteiger partial charge in [-0.15, -0.1) is 11.3 Å². The lowest BCUT2D eigenvalue weighted by Crippen LogP contribution is -1.99. The summed E-state index contributed by atoms with van der Waals surface area (Å²) in [6.45, 7) is 2.11. The van der Waals surface area contributed by atoms with Gasteiger partial charge in [-0.05, 0) is 24.3 Å². The number of halogens is 1. The summed E-state index contributed by atoms with van der Waals surface area (Å²) >= 11 is 8.76. The van der Waals surface area contributed by atoms with Gasteiger partial charge >= 0.3 is 0 Å². The minimum atomic E-state index is 0.190. The first kappa shape index (κ1) is 11.1. The highest BCUT2D eigenvalue weighted by atomic mass is 35.5. The van der Waals surface area contributed by atoms with Crippen molar-refractivity contribution in [1.82, 2.24) is 0 Å². The molecule has 0 bridgehead atoms. The van der Waals surface area contributed by atoms with E-state index >= 15 is 0 Å². The van der Waals surface area contributed by atoms with Crippen molar-refractivity contribution in [3.05, 3.63) is 21.3 Å². The molecule has 72 valence electrons. The van der Waals surface area contributed by atoms with E-state index in [-0.39, 0.29) is 5.78 Å². The molecule has 0 spiro atoms. The Hall–Kier alpha value is 0.01000. The molecule has 0 atom stereocenters. The average molecular weight is 235 g/mol. The van der Waals surface area contributed by atoms with Gasteiger partial charge in [0.1, 0.15) is 0 Å². The Morgan fingerprint density at radius 2 is 2.38 bits per heavy atom. The predicted molar refractivity (Wildman–Crippen MR) is 61.3 cm³/mol. The SMILES string of the molecule is CCCSCC(=O)c1ccc(Cl)s1. The van der Waals surface area contributed by atoms with E-state index in [1.54, 1.807) is 23.9 Å². The van der Waals surface area contributed by atoms with Crippen molar-refractivity contribution in [2.45, 2.75) is 13.3 Å². The maximum absolute atomic E-state index is 11.5. The largest absolute Gasteiger partial charge is 0.292 e. The van der Waals surface area contributed by atoms with Crippen LogP contribution < -0.4 is 0 Å². The monoisotopic (exact) mass is 234 g/mol. The van der Waals surface area contributed by atoms with Crippen LogP contribution in [0.15, 0.2) is 12.1 Å². The summed E-state index contributed by atoms with van der Waals surface area (Å²) in [4.78, 5) is 12.2. The fourth-order valence-corrected chi connectivity index (χ4v) is 2.69. The Balaban J connectivity index is 2.40. The summed E-state index contributed by atoms with van der Waals surface area (Å²) in [5, 5.41) is 0. The van der Waals surface area contributed by atoms with E-state index in [1.165, 1.54) is 11.3 Å². The molecule has 0 radical (unpaired) electrons. The van der Waals surface area contributed by atoms with Gasteiger partial charge in [0, 0.05) is 0 Å². The topological polar surface area (TPSA) is 17.1 Å². The first-order chi connectivity index (χ1) is 6.24. The fraction of sp³-hybridized carbons (Fsp3) is 0.444. The van der Waals surface area contributed by atoms with Crippen molar-refractivity contribution >= 4 is 40.5 Å².